The molecule has 0 saturated heterocycles. The third-order valence-electron chi connectivity index (χ3n) is 5.27. The second-order valence-electron chi connectivity index (χ2n) is 7.90. The minimum Gasteiger partial charge on any atom is -0.477 e. The van der Waals surface area contributed by atoms with Gasteiger partial charge in [0.15, 0.2) is 0 Å². The van der Waals surface area contributed by atoms with Crippen LogP contribution >= 0.6 is 0 Å². The molecule has 29 heavy (non-hydrogen) atoms. The Bertz CT molecular complexity index is 1020. The topological polar surface area (TPSA) is 88.6 Å². The summed E-state index contributed by atoms with van der Waals surface area (Å²) in [6.45, 7) is 2.94. The zero-order valence-corrected chi connectivity index (χ0v) is 17.4. The van der Waals surface area contributed by atoms with Crippen LogP contribution in [0.25, 0.3) is 0 Å². The summed E-state index contributed by atoms with van der Waals surface area (Å²) in [5.41, 5.74) is 2.93. The molecule has 1 N–H and O–H groups in total. The Kier molecular flexibility index (Phi) is 5.21. The van der Waals surface area contributed by atoms with Gasteiger partial charge in [-0.1, -0.05) is 6.07 Å². The Hall–Kier alpha value is -2.61. The summed E-state index contributed by atoms with van der Waals surface area (Å²) in [4.78, 5) is 16.8. The van der Waals surface area contributed by atoms with Gasteiger partial charge in [-0.15, -0.1) is 0 Å². The van der Waals surface area contributed by atoms with Crippen molar-refractivity contribution in [3.05, 3.63) is 53.2 Å². The molecule has 1 atom stereocenters. The van der Waals surface area contributed by atoms with Crippen molar-refractivity contribution in [3.8, 4) is 5.88 Å². The van der Waals surface area contributed by atoms with Crippen LogP contribution in [0.5, 0.6) is 5.88 Å². The van der Waals surface area contributed by atoms with Gasteiger partial charge >= 0.3 is 0 Å². The minimum absolute atomic E-state index is 0.148. The van der Waals surface area contributed by atoms with Gasteiger partial charge in [-0.05, 0) is 61.4 Å². The van der Waals surface area contributed by atoms with Crippen molar-refractivity contribution in [1.29, 1.82) is 0 Å². The molecule has 2 aromatic rings. The summed E-state index contributed by atoms with van der Waals surface area (Å²) in [6, 6.07) is 8.72. The molecule has 1 fully saturated rings. The fourth-order valence-electron chi connectivity index (χ4n) is 3.62. The van der Waals surface area contributed by atoms with Crippen molar-refractivity contribution in [2.45, 2.75) is 38.8 Å². The van der Waals surface area contributed by atoms with Crippen molar-refractivity contribution >= 4 is 21.6 Å². The molecule has 7 nitrogen and oxygen atoms in total. The molecule has 1 amide bonds. The Morgan fingerprint density at radius 1 is 1.28 bits per heavy atom. The lowest BCUT2D eigenvalue weighted by molar-refractivity contribution is 0.0951. The molecule has 2 aliphatic rings. The highest BCUT2D eigenvalue weighted by Gasteiger charge is 2.32. The van der Waals surface area contributed by atoms with E-state index >= 15 is 0 Å². The lowest BCUT2D eigenvalue weighted by Gasteiger charge is -2.21. The zero-order valence-electron chi connectivity index (χ0n) is 16.6. The van der Waals surface area contributed by atoms with Crippen LogP contribution in [0.4, 0.5) is 5.69 Å². The smallest absolute Gasteiger partial charge is 0.251 e. The maximum atomic E-state index is 12.5. The first-order valence-corrected chi connectivity index (χ1v) is 11.6. The number of benzene rings is 1. The molecule has 154 valence electrons. The Balaban J connectivity index is 1.37. The van der Waals surface area contributed by atoms with E-state index in [1.54, 1.807) is 24.4 Å². The van der Waals surface area contributed by atoms with E-state index in [9.17, 15) is 13.2 Å². The van der Waals surface area contributed by atoms with Crippen LogP contribution in [-0.2, 0) is 23.0 Å². The van der Waals surface area contributed by atoms with E-state index in [2.05, 4.69) is 10.3 Å². The molecule has 0 spiro atoms. The predicted octanol–water partition coefficient (Wildman–Crippen LogP) is 2.51. The van der Waals surface area contributed by atoms with Gasteiger partial charge in [-0.25, -0.2) is 13.4 Å². The molecule has 1 aromatic heterocycles. The fraction of sp³-hybridized carbons (Fsp3) is 0.429. The highest BCUT2D eigenvalue weighted by Crippen LogP contribution is 2.34. The van der Waals surface area contributed by atoms with Crippen LogP contribution in [0, 0.1) is 5.92 Å². The molecule has 0 radical (unpaired) electrons. The first kappa shape index (κ1) is 19.7. The number of ether oxygens (including phenoxy) is 1. The van der Waals surface area contributed by atoms with Crippen LogP contribution in [0.1, 0.15) is 41.3 Å². The lowest BCUT2D eigenvalue weighted by atomic mass is 10.1. The second-order valence-corrected chi connectivity index (χ2v) is 9.76. The molecular weight excluding hydrogens is 390 g/mol. The van der Waals surface area contributed by atoms with Crippen LogP contribution in [0.3, 0.4) is 0 Å². The van der Waals surface area contributed by atoms with Gasteiger partial charge in [-0.2, -0.15) is 0 Å². The SMILES string of the molecule is CC1Cc2cc(C(=O)NCc3ccc(OCC4CC4)nc3)ccc2N1S(C)(=O)=O. The second kappa shape index (κ2) is 7.67. The molecule has 8 heteroatoms. The van der Waals surface area contributed by atoms with Gasteiger partial charge in [0.05, 0.1) is 18.6 Å². The molecule has 1 aliphatic heterocycles. The fourth-order valence-corrected chi connectivity index (χ4v) is 4.89. The number of aromatic nitrogens is 1. The summed E-state index contributed by atoms with van der Waals surface area (Å²) in [6.07, 6.45) is 5.97. The van der Waals surface area contributed by atoms with Crippen LogP contribution in [0.15, 0.2) is 36.5 Å². The molecule has 4 rings (SSSR count). The largest absolute Gasteiger partial charge is 0.477 e. The van der Waals surface area contributed by atoms with E-state index in [1.165, 1.54) is 23.4 Å². The van der Waals surface area contributed by atoms with Gasteiger partial charge in [-0.3, -0.25) is 9.10 Å². The van der Waals surface area contributed by atoms with Crippen molar-refractivity contribution in [3.63, 3.8) is 0 Å². The quantitative estimate of drug-likeness (QED) is 0.751. The minimum atomic E-state index is -3.34. The summed E-state index contributed by atoms with van der Waals surface area (Å²) < 4.78 is 31.1. The monoisotopic (exact) mass is 415 g/mol. The molecule has 1 unspecified atom stereocenters. The predicted molar refractivity (Wildman–Crippen MR) is 111 cm³/mol. The zero-order chi connectivity index (χ0) is 20.6. The lowest BCUT2D eigenvalue weighted by Crippen LogP contribution is -2.34. The number of hydrogen-bond acceptors (Lipinski definition) is 5. The number of hydrogen-bond donors (Lipinski definition) is 1. The standard InChI is InChI=1S/C21H25N3O4S/c1-14-9-18-10-17(6-7-19(18)24(14)29(2,26)27)21(25)23-12-16-5-8-20(22-11-16)28-13-15-3-4-15/h5-8,10-11,14-15H,3-4,9,12-13H2,1-2H3,(H,23,25). The van der Waals surface area contributed by atoms with Crippen LogP contribution in [-0.4, -0.2) is 38.2 Å². The number of pyridine rings is 1. The molecule has 1 aromatic carbocycles. The maximum Gasteiger partial charge on any atom is 0.251 e. The van der Waals surface area contributed by atoms with Gasteiger partial charge in [0.1, 0.15) is 0 Å². The van der Waals surface area contributed by atoms with Crippen molar-refractivity contribution in [2.75, 3.05) is 17.2 Å². The highest BCUT2D eigenvalue weighted by molar-refractivity contribution is 7.92. The van der Waals surface area contributed by atoms with Crippen LogP contribution < -0.4 is 14.4 Å². The first-order valence-electron chi connectivity index (χ1n) is 9.79. The summed E-state index contributed by atoms with van der Waals surface area (Å²) in [5, 5.41) is 2.89. The number of nitrogens with one attached hydrogen (secondary N) is 1. The van der Waals surface area contributed by atoms with Crippen molar-refractivity contribution < 1.29 is 17.9 Å². The summed E-state index contributed by atoms with van der Waals surface area (Å²) in [7, 11) is -3.34. The molecule has 2 heterocycles. The van der Waals surface area contributed by atoms with Crippen LogP contribution in [0.2, 0.25) is 0 Å². The number of anilines is 1. The number of amides is 1. The average molecular weight is 416 g/mol. The average Bonchev–Trinajstić information content (AvgIpc) is 3.44. The number of carbonyl (C=O) groups is 1. The Morgan fingerprint density at radius 3 is 2.72 bits per heavy atom. The molecule has 0 bridgehead atoms. The third-order valence-corrected chi connectivity index (χ3v) is 6.54. The van der Waals surface area contributed by atoms with Gasteiger partial charge < -0.3 is 10.1 Å². The number of sulfonamides is 1. The molecular formula is C21H25N3O4S. The van der Waals surface area contributed by atoms with Gasteiger partial charge in [0, 0.05) is 30.4 Å². The van der Waals surface area contributed by atoms with E-state index in [1.807, 2.05) is 19.1 Å². The number of rotatable bonds is 7. The van der Waals surface area contributed by atoms with E-state index in [4.69, 9.17) is 4.74 Å². The van der Waals surface area contributed by atoms with E-state index < -0.39 is 10.0 Å². The van der Waals surface area contributed by atoms with Gasteiger partial charge in [0.2, 0.25) is 15.9 Å². The highest BCUT2D eigenvalue weighted by atomic mass is 32.2. The molecule has 1 saturated carbocycles. The van der Waals surface area contributed by atoms with E-state index in [0.29, 0.717) is 36.0 Å². The van der Waals surface area contributed by atoms with E-state index in [-0.39, 0.29) is 11.9 Å². The summed E-state index contributed by atoms with van der Waals surface area (Å²) >= 11 is 0. The normalized spacial score (nSPS) is 18.4. The molecule has 1 aliphatic carbocycles. The van der Waals surface area contributed by atoms with Crippen molar-refractivity contribution in [1.82, 2.24) is 10.3 Å². The Labute approximate surface area is 171 Å². The number of fused-ring (bicyclic) bond motifs is 1. The number of carbonyl (C=O) groups excluding carboxylic acids is 1. The van der Waals surface area contributed by atoms with Crippen molar-refractivity contribution in [2.24, 2.45) is 5.92 Å². The number of nitrogens with zero attached hydrogens (tertiary/aromatic N) is 2. The summed E-state index contributed by atoms with van der Waals surface area (Å²) in [5.74, 6) is 1.08. The first-order chi connectivity index (χ1) is 13.8. The third kappa shape index (κ3) is 4.53. The van der Waals surface area contributed by atoms with E-state index in [0.717, 1.165) is 17.7 Å². The maximum absolute atomic E-state index is 12.5. The van der Waals surface area contributed by atoms with Gasteiger partial charge in [0.25, 0.3) is 5.91 Å². The Morgan fingerprint density at radius 2 is 2.07 bits per heavy atom.